The summed E-state index contributed by atoms with van der Waals surface area (Å²) in [4.78, 5) is 28.1. The summed E-state index contributed by atoms with van der Waals surface area (Å²) in [6.07, 6.45) is 5.64. The number of hydrogen-bond donors (Lipinski definition) is 2. The highest BCUT2D eigenvalue weighted by atomic mass is 32.2. The largest absolute Gasteiger partial charge is 0.352 e. The number of benzene rings is 2. The fourth-order valence-electron chi connectivity index (χ4n) is 3.60. The van der Waals surface area contributed by atoms with E-state index >= 15 is 0 Å². The third kappa shape index (κ3) is 5.63. The molecule has 0 aliphatic carbocycles. The van der Waals surface area contributed by atoms with E-state index in [4.69, 9.17) is 0 Å². The van der Waals surface area contributed by atoms with Crippen LogP contribution in [0.25, 0.3) is 0 Å². The quantitative estimate of drug-likeness (QED) is 0.563. The predicted molar refractivity (Wildman–Crippen MR) is 128 cm³/mol. The number of hydrogen-bond acceptors (Lipinski definition) is 5. The topological polar surface area (TPSA) is 95.6 Å². The van der Waals surface area contributed by atoms with Crippen LogP contribution >= 0.6 is 11.8 Å². The van der Waals surface area contributed by atoms with Gasteiger partial charge in [0.2, 0.25) is 0 Å². The van der Waals surface area contributed by atoms with Crippen molar-refractivity contribution in [1.29, 1.82) is 0 Å². The lowest BCUT2D eigenvalue weighted by atomic mass is 10.1. The lowest BCUT2D eigenvalue weighted by Gasteiger charge is -2.27. The number of piperidine rings is 1. The fraction of sp³-hybridized carbons (Fsp3) is 0.391. The zero-order chi connectivity index (χ0) is 23.1. The van der Waals surface area contributed by atoms with Crippen LogP contribution in [0.3, 0.4) is 0 Å². The molecular weight excluding hydrogens is 446 g/mol. The van der Waals surface area contributed by atoms with E-state index in [9.17, 15) is 18.0 Å². The van der Waals surface area contributed by atoms with Crippen LogP contribution in [0.1, 0.15) is 53.3 Å². The smallest absolute Gasteiger partial charge is 0.261 e. The van der Waals surface area contributed by atoms with Crippen LogP contribution in [-0.4, -0.2) is 51.0 Å². The third-order valence-corrected chi connectivity index (χ3v) is 7.47. The second-order valence-electron chi connectivity index (χ2n) is 7.62. The van der Waals surface area contributed by atoms with Crippen LogP contribution in [0.5, 0.6) is 0 Å². The number of rotatable bonds is 8. The number of para-hydroxylation sites is 1. The Bertz CT molecular complexity index is 1080. The highest BCUT2D eigenvalue weighted by Gasteiger charge is 2.24. The predicted octanol–water partition coefficient (Wildman–Crippen LogP) is 3.98. The van der Waals surface area contributed by atoms with Crippen LogP contribution in [0.15, 0.2) is 52.3 Å². The Kier molecular flexibility index (Phi) is 8.20. The summed E-state index contributed by atoms with van der Waals surface area (Å²) in [5.74, 6) is -0.491. The number of thioether (sulfide) groups is 1. The molecule has 1 aliphatic rings. The molecule has 0 spiro atoms. The van der Waals surface area contributed by atoms with Gasteiger partial charge >= 0.3 is 0 Å². The molecule has 3 rings (SSSR count). The average Bonchev–Trinajstić information content (AvgIpc) is 2.82. The van der Waals surface area contributed by atoms with Crippen molar-refractivity contribution in [3.63, 3.8) is 0 Å². The number of sulfonamides is 1. The van der Waals surface area contributed by atoms with E-state index in [-0.39, 0.29) is 28.0 Å². The number of anilines is 1. The Labute approximate surface area is 194 Å². The van der Waals surface area contributed by atoms with Gasteiger partial charge in [0.1, 0.15) is 0 Å². The summed E-state index contributed by atoms with van der Waals surface area (Å²) < 4.78 is 28.9. The molecule has 9 heteroatoms. The molecule has 0 bridgehead atoms. The molecule has 2 aromatic rings. The zero-order valence-electron chi connectivity index (χ0n) is 18.4. The van der Waals surface area contributed by atoms with Gasteiger partial charge in [-0.05, 0) is 62.3 Å². The van der Waals surface area contributed by atoms with Crippen molar-refractivity contribution in [2.75, 3.05) is 30.6 Å². The number of likely N-dealkylation sites (tertiary alicyclic amines) is 1. The van der Waals surface area contributed by atoms with E-state index in [1.54, 1.807) is 35.2 Å². The van der Waals surface area contributed by atoms with Crippen molar-refractivity contribution in [2.24, 2.45) is 0 Å². The molecule has 172 valence electrons. The van der Waals surface area contributed by atoms with E-state index in [1.807, 2.05) is 13.2 Å². The Hall–Kier alpha value is -2.52. The molecule has 0 saturated carbocycles. The summed E-state index contributed by atoms with van der Waals surface area (Å²) in [5.41, 5.74) is 0.824. The maximum atomic E-state index is 13.2. The Balaban J connectivity index is 1.91. The number of amides is 2. The van der Waals surface area contributed by atoms with E-state index in [0.29, 0.717) is 25.2 Å². The van der Waals surface area contributed by atoms with Crippen molar-refractivity contribution in [1.82, 2.24) is 10.2 Å². The molecule has 1 fully saturated rings. The first-order valence-corrected chi connectivity index (χ1v) is 13.5. The van der Waals surface area contributed by atoms with Gasteiger partial charge in [0, 0.05) is 24.5 Å². The lowest BCUT2D eigenvalue weighted by molar-refractivity contribution is 0.0720. The number of nitrogens with one attached hydrogen (secondary N) is 2. The fourth-order valence-corrected chi connectivity index (χ4v) is 5.27. The molecule has 1 aliphatic heterocycles. The van der Waals surface area contributed by atoms with Gasteiger partial charge in [0.25, 0.3) is 21.8 Å². The summed E-state index contributed by atoms with van der Waals surface area (Å²) in [6, 6.07) is 11.1. The summed E-state index contributed by atoms with van der Waals surface area (Å²) in [6.45, 7) is 3.80. The molecule has 7 nitrogen and oxygen atoms in total. The number of nitrogens with zero attached hydrogens (tertiary/aromatic N) is 1. The van der Waals surface area contributed by atoms with Gasteiger partial charge in [0.05, 0.1) is 21.7 Å². The Morgan fingerprint density at radius 2 is 1.75 bits per heavy atom. The Morgan fingerprint density at radius 3 is 2.44 bits per heavy atom. The van der Waals surface area contributed by atoms with E-state index in [2.05, 4.69) is 10.0 Å². The number of carbonyl (C=O) groups excluding carboxylic acids is 2. The van der Waals surface area contributed by atoms with Gasteiger partial charge < -0.3 is 10.2 Å². The van der Waals surface area contributed by atoms with Crippen LogP contribution in [0.2, 0.25) is 0 Å². The molecule has 32 heavy (non-hydrogen) atoms. The highest BCUT2D eigenvalue weighted by molar-refractivity contribution is 7.98. The minimum Gasteiger partial charge on any atom is -0.352 e. The second kappa shape index (κ2) is 10.9. The van der Waals surface area contributed by atoms with Gasteiger partial charge in [-0.3, -0.25) is 14.3 Å². The molecule has 2 N–H and O–H groups in total. The number of carbonyl (C=O) groups is 2. The van der Waals surface area contributed by atoms with Crippen molar-refractivity contribution >= 4 is 39.3 Å². The molecule has 2 amide bonds. The van der Waals surface area contributed by atoms with Crippen molar-refractivity contribution in [3.05, 3.63) is 53.6 Å². The average molecular weight is 476 g/mol. The standard InChI is InChI=1S/C23H29N3O4S2/c1-3-13-24-22(27)18-9-5-6-10-20(18)25-32(29,30)17-11-12-21(31-2)19(16-17)23(28)26-14-7-4-8-15-26/h5-6,9-12,16,25H,3-4,7-8,13-15H2,1-2H3,(H,24,27). The van der Waals surface area contributed by atoms with Gasteiger partial charge in [0.15, 0.2) is 0 Å². The van der Waals surface area contributed by atoms with E-state index in [1.165, 1.54) is 23.9 Å². The van der Waals surface area contributed by atoms with Gasteiger partial charge in [-0.1, -0.05) is 19.1 Å². The van der Waals surface area contributed by atoms with Crippen LogP contribution in [0.4, 0.5) is 5.69 Å². The van der Waals surface area contributed by atoms with Crippen LogP contribution < -0.4 is 10.0 Å². The van der Waals surface area contributed by atoms with Crippen molar-refractivity contribution in [2.45, 2.75) is 42.4 Å². The first-order valence-electron chi connectivity index (χ1n) is 10.7. The summed E-state index contributed by atoms with van der Waals surface area (Å²) in [7, 11) is -4.01. The van der Waals surface area contributed by atoms with E-state index < -0.39 is 10.0 Å². The second-order valence-corrected chi connectivity index (χ2v) is 10.2. The highest BCUT2D eigenvalue weighted by Crippen LogP contribution is 2.28. The summed E-state index contributed by atoms with van der Waals surface area (Å²) >= 11 is 1.41. The Morgan fingerprint density at radius 1 is 1.03 bits per heavy atom. The minimum atomic E-state index is -4.01. The monoisotopic (exact) mass is 475 g/mol. The first kappa shape index (κ1) is 24.1. The minimum absolute atomic E-state index is 0.0144. The van der Waals surface area contributed by atoms with Crippen molar-refractivity contribution in [3.8, 4) is 0 Å². The normalized spacial score (nSPS) is 14.1. The SMILES string of the molecule is CCCNC(=O)c1ccccc1NS(=O)(=O)c1ccc(SC)c(C(=O)N2CCCCC2)c1. The zero-order valence-corrected chi connectivity index (χ0v) is 20.0. The molecular formula is C23H29N3O4S2. The first-order chi connectivity index (χ1) is 15.4. The third-order valence-electron chi connectivity index (χ3n) is 5.31. The summed E-state index contributed by atoms with van der Waals surface area (Å²) in [5, 5.41) is 2.76. The van der Waals surface area contributed by atoms with E-state index in [0.717, 1.165) is 30.6 Å². The molecule has 0 radical (unpaired) electrons. The van der Waals surface area contributed by atoms with Gasteiger partial charge in [-0.2, -0.15) is 0 Å². The van der Waals surface area contributed by atoms with Crippen molar-refractivity contribution < 1.29 is 18.0 Å². The molecule has 1 heterocycles. The molecule has 0 aromatic heterocycles. The molecule has 0 unspecified atom stereocenters. The van der Waals surface area contributed by atoms with Crippen LogP contribution in [0, 0.1) is 0 Å². The molecule has 2 aromatic carbocycles. The maximum absolute atomic E-state index is 13.2. The maximum Gasteiger partial charge on any atom is 0.261 e. The molecule has 1 saturated heterocycles. The van der Waals surface area contributed by atoms with Crippen LogP contribution in [-0.2, 0) is 10.0 Å². The lowest BCUT2D eigenvalue weighted by Crippen LogP contribution is -2.36. The van der Waals surface area contributed by atoms with Gasteiger partial charge in [-0.25, -0.2) is 8.42 Å². The molecule has 0 atom stereocenters. The van der Waals surface area contributed by atoms with Gasteiger partial charge in [-0.15, -0.1) is 11.8 Å².